The smallest absolute Gasteiger partial charge is 0.323 e. The highest BCUT2D eigenvalue weighted by Gasteiger charge is 2.32. The van der Waals surface area contributed by atoms with Gasteiger partial charge < -0.3 is 10.0 Å². The molecule has 0 saturated carbocycles. The van der Waals surface area contributed by atoms with Crippen molar-refractivity contribution in [2.45, 2.75) is 26.3 Å². The lowest BCUT2D eigenvalue weighted by Gasteiger charge is -2.34. The maximum Gasteiger partial charge on any atom is 0.323 e. The molecule has 0 spiro atoms. The molecule has 1 amide bonds. The van der Waals surface area contributed by atoms with Crippen LogP contribution in [0.25, 0.3) is 0 Å². The van der Waals surface area contributed by atoms with Crippen LogP contribution in [0.15, 0.2) is 18.2 Å². The van der Waals surface area contributed by atoms with Gasteiger partial charge in [0.25, 0.3) is 11.6 Å². The third-order valence-corrected chi connectivity index (χ3v) is 3.15. The molecule has 0 aliphatic carbocycles. The Morgan fingerprint density at radius 3 is 2.38 bits per heavy atom. The fraction of sp³-hybridized carbons (Fsp3) is 0.385. The predicted octanol–water partition coefficient (Wildman–Crippen LogP) is 2.57. The molecular formula is C13H15ClN2O5. The molecule has 0 fully saturated rings. The van der Waals surface area contributed by atoms with Crippen molar-refractivity contribution in [2.24, 2.45) is 0 Å². The topological polar surface area (TPSA) is 101 Å². The van der Waals surface area contributed by atoms with Crippen molar-refractivity contribution in [1.29, 1.82) is 0 Å². The van der Waals surface area contributed by atoms with E-state index in [9.17, 15) is 19.7 Å². The molecule has 7 nitrogen and oxygen atoms in total. The highest BCUT2D eigenvalue weighted by atomic mass is 35.5. The minimum atomic E-state index is -1.18. The highest BCUT2D eigenvalue weighted by Crippen LogP contribution is 2.30. The summed E-state index contributed by atoms with van der Waals surface area (Å²) in [5.74, 6) is -1.85. The Kier molecular flexibility index (Phi) is 4.90. The van der Waals surface area contributed by atoms with E-state index in [0.717, 1.165) is 4.90 Å². The molecule has 0 unspecified atom stereocenters. The Morgan fingerprint density at radius 1 is 1.38 bits per heavy atom. The minimum Gasteiger partial charge on any atom is -0.480 e. The van der Waals surface area contributed by atoms with Gasteiger partial charge in [0.1, 0.15) is 11.6 Å². The standard InChI is InChI=1S/C13H15ClN2O5/c1-13(2,3)15(7-10(17)18)12(19)8-5-4-6-9(11(8)14)16(20)21/h4-6H,7H2,1-3H3,(H,17,18). The van der Waals surface area contributed by atoms with Gasteiger partial charge in [-0.1, -0.05) is 17.7 Å². The number of carbonyl (C=O) groups excluding carboxylic acids is 1. The first-order valence-electron chi connectivity index (χ1n) is 6.02. The molecule has 0 heterocycles. The molecule has 0 aliphatic heterocycles. The molecule has 1 rings (SSSR count). The molecule has 1 aromatic rings. The lowest BCUT2D eigenvalue weighted by Crippen LogP contribution is -2.48. The lowest BCUT2D eigenvalue weighted by molar-refractivity contribution is -0.384. The van der Waals surface area contributed by atoms with Crippen LogP contribution in [-0.2, 0) is 4.79 Å². The monoisotopic (exact) mass is 314 g/mol. The zero-order valence-electron chi connectivity index (χ0n) is 11.8. The van der Waals surface area contributed by atoms with E-state index in [4.69, 9.17) is 16.7 Å². The average Bonchev–Trinajstić information content (AvgIpc) is 2.33. The van der Waals surface area contributed by atoms with Gasteiger partial charge in [-0.3, -0.25) is 19.7 Å². The Morgan fingerprint density at radius 2 is 1.95 bits per heavy atom. The summed E-state index contributed by atoms with van der Waals surface area (Å²) in [7, 11) is 0. The number of rotatable bonds is 4. The molecule has 21 heavy (non-hydrogen) atoms. The first-order valence-corrected chi connectivity index (χ1v) is 6.40. The van der Waals surface area contributed by atoms with Crippen LogP contribution in [0.3, 0.4) is 0 Å². The molecule has 1 aromatic carbocycles. The van der Waals surface area contributed by atoms with E-state index < -0.39 is 34.6 Å². The minimum absolute atomic E-state index is 0.0953. The second kappa shape index (κ2) is 6.09. The maximum absolute atomic E-state index is 12.5. The van der Waals surface area contributed by atoms with Crippen LogP contribution in [0.4, 0.5) is 5.69 Å². The van der Waals surface area contributed by atoms with Crippen LogP contribution in [0, 0.1) is 10.1 Å². The number of nitro groups is 1. The fourth-order valence-corrected chi connectivity index (χ4v) is 2.00. The summed E-state index contributed by atoms with van der Waals surface area (Å²) < 4.78 is 0. The number of carbonyl (C=O) groups is 2. The first-order chi connectivity index (χ1) is 9.55. The number of hydrogen-bond acceptors (Lipinski definition) is 4. The van der Waals surface area contributed by atoms with E-state index in [-0.39, 0.29) is 10.6 Å². The molecule has 0 bridgehead atoms. The summed E-state index contributed by atoms with van der Waals surface area (Å²) in [6.45, 7) is 4.47. The summed E-state index contributed by atoms with van der Waals surface area (Å²) in [6.07, 6.45) is 0. The first kappa shape index (κ1) is 16.9. The van der Waals surface area contributed by atoms with Crippen LogP contribution >= 0.6 is 11.6 Å². The molecule has 1 N–H and O–H groups in total. The molecule has 0 radical (unpaired) electrons. The zero-order chi connectivity index (χ0) is 16.4. The van der Waals surface area contributed by atoms with Gasteiger partial charge in [0, 0.05) is 11.6 Å². The van der Waals surface area contributed by atoms with Crippen LogP contribution in [-0.4, -0.2) is 38.9 Å². The van der Waals surface area contributed by atoms with E-state index in [0.29, 0.717) is 0 Å². The van der Waals surface area contributed by atoms with Crippen molar-refractivity contribution in [3.63, 3.8) is 0 Å². The van der Waals surface area contributed by atoms with Crippen molar-refractivity contribution in [2.75, 3.05) is 6.54 Å². The van der Waals surface area contributed by atoms with Gasteiger partial charge >= 0.3 is 5.97 Å². The quantitative estimate of drug-likeness (QED) is 0.680. The zero-order valence-corrected chi connectivity index (χ0v) is 12.5. The van der Waals surface area contributed by atoms with Crippen LogP contribution in [0.2, 0.25) is 5.02 Å². The second-order valence-electron chi connectivity index (χ2n) is 5.35. The normalized spacial score (nSPS) is 11.0. The van der Waals surface area contributed by atoms with E-state index in [1.807, 2.05) is 0 Å². The number of halogens is 1. The molecule has 0 saturated heterocycles. The largest absolute Gasteiger partial charge is 0.480 e. The lowest BCUT2D eigenvalue weighted by atomic mass is 10.0. The van der Waals surface area contributed by atoms with Gasteiger partial charge in [0.05, 0.1) is 10.5 Å². The van der Waals surface area contributed by atoms with Crippen LogP contribution < -0.4 is 0 Å². The molecular weight excluding hydrogens is 300 g/mol. The van der Waals surface area contributed by atoms with E-state index in [1.165, 1.54) is 18.2 Å². The van der Waals surface area contributed by atoms with Crippen LogP contribution in [0.5, 0.6) is 0 Å². The number of hydrogen-bond donors (Lipinski definition) is 1. The average molecular weight is 315 g/mol. The van der Waals surface area contributed by atoms with E-state index in [1.54, 1.807) is 20.8 Å². The Bertz CT molecular complexity index is 595. The highest BCUT2D eigenvalue weighted by molar-refractivity contribution is 6.35. The fourth-order valence-electron chi connectivity index (χ4n) is 1.72. The number of aliphatic carboxylic acids is 1. The molecule has 114 valence electrons. The Labute approximate surface area is 126 Å². The predicted molar refractivity (Wildman–Crippen MR) is 76.5 cm³/mol. The van der Waals surface area contributed by atoms with Crippen molar-refractivity contribution in [1.82, 2.24) is 4.90 Å². The third-order valence-electron chi connectivity index (χ3n) is 2.75. The summed E-state index contributed by atoms with van der Waals surface area (Å²) >= 11 is 5.89. The molecule has 0 aromatic heterocycles. The van der Waals surface area contributed by atoms with Crippen molar-refractivity contribution in [3.05, 3.63) is 38.9 Å². The van der Waals surface area contributed by atoms with Gasteiger partial charge in [-0.15, -0.1) is 0 Å². The molecule has 8 heteroatoms. The van der Waals surface area contributed by atoms with Crippen molar-refractivity contribution >= 4 is 29.2 Å². The third kappa shape index (κ3) is 3.91. The van der Waals surface area contributed by atoms with Crippen LogP contribution in [0.1, 0.15) is 31.1 Å². The Balaban J connectivity index is 3.31. The number of nitrogens with zero attached hydrogens (tertiary/aromatic N) is 2. The number of carboxylic acids is 1. The molecule has 0 aliphatic rings. The van der Waals surface area contributed by atoms with E-state index in [2.05, 4.69) is 0 Å². The summed E-state index contributed by atoms with van der Waals surface area (Å²) in [6, 6.07) is 3.84. The van der Waals surface area contributed by atoms with Gasteiger partial charge in [-0.2, -0.15) is 0 Å². The number of nitro benzene ring substituents is 1. The van der Waals surface area contributed by atoms with E-state index >= 15 is 0 Å². The summed E-state index contributed by atoms with van der Waals surface area (Å²) in [5.41, 5.74) is -1.27. The number of amides is 1. The van der Waals surface area contributed by atoms with Gasteiger partial charge in [0.15, 0.2) is 0 Å². The van der Waals surface area contributed by atoms with Crippen molar-refractivity contribution in [3.8, 4) is 0 Å². The summed E-state index contributed by atoms with van der Waals surface area (Å²) in [5, 5.41) is 19.5. The van der Waals surface area contributed by atoms with Gasteiger partial charge in [-0.25, -0.2) is 0 Å². The van der Waals surface area contributed by atoms with Crippen molar-refractivity contribution < 1.29 is 19.6 Å². The van der Waals surface area contributed by atoms with Gasteiger partial charge in [-0.05, 0) is 26.8 Å². The molecule has 0 atom stereocenters. The Hall–Kier alpha value is -2.15. The number of carboxylic acid groups (broad SMARTS) is 1. The van der Waals surface area contributed by atoms with Gasteiger partial charge in [0.2, 0.25) is 0 Å². The maximum atomic E-state index is 12.5. The summed E-state index contributed by atoms with van der Waals surface area (Å²) in [4.78, 5) is 34.6. The second-order valence-corrected chi connectivity index (χ2v) is 5.73. The SMILES string of the molecule is CC(C)(C)N(CC(=O)O)C(=O)c1cccc([N+](=O)[O-])c1Cl. The number of benzene rings is 1.